The van der Waals surface area contributed by atoms with Gasteiger partial charge in [0.15, 0.2) is 0 Å². The van der Waals surface area contributed by atoms with Gasteiger partial charge < -0.3 is 10.8 Å². The van der Waals surface area contributed by atoms with Gasteiger partial charge in [0.05, 0.1) is 10.6 Å². The third-order valence-corrected chi connectivity index (χ3v) is 1.78. The number of aryl methyl sites for hydroxylation is 1. The number of phenols is 1. The monoisotopic (exact) mass is 182 g/mol. The molecule has 5 nitrogen and oxygen atoms in total. The smallest absolute Gasteiger partial charge is 0.313 e. The summed E-state index contributed by atoms with van der Waals surface area (Å²) in [6.07, 6.45) is 0.644. The first-order chi connectivity index (χ1) is 6.06. The molecule has 0 heterocycles. The van der Waals surface area contributed by atoms with E-state index in [4.69, 9.17) is 5.73 Å². The van der Waals surface area contributed by atoms with Crippen LogP contribution < -0.4 is 5.73 Å². The highest BCUT2D eigenvalue weighted by Gasteiger charge is 2.16. The molecule has 70 valence electrons. The molecule has 1 aromatic rings. The van der Waals surface area contributed by atoms with Crippen molar-refractivity contribution in [2.24, 2.45) is 0 Å². The highest BCUT2D eigenvalue weighted by Crippen LogP contribution is 2.33. The molecule has 0 atom stereocenters. The largest absolute Gasteiger partial charge is 0.501 e. The Morgan fingerprint density at radius 3 is 2.69 bits per heavy atom. The van der Waals surface area contributed by atoms with Gasteiger partial charge in [0.25, 0.3) is 0 Å². The second-order valence-corrected chi connectivity index (χ2v) is 2.66. The fraction of sp³-hybridized carbons (Fsp3) is 0.250. The molecule has 1 rings (SSSR count). The minimum atomic E-state index is -0.648. The average Bonchev–Trinajstić information content (AvgIpc) is 2.09. The number of nitro benzene ring substituents is 1. The molecule has 0 bridgehead atoms. The zero-order valence-electron chi connectivity index (χ0n) is 7.15. The van der Waals surface area contributed by atoms with Crippen molar-refractivity contribution in [3.05, 3.63) is 27.8 Å². The highest BCUT2D eigenvalue weighted by molar-refractivity contribution is 5.64. The lowest BCUT2D eigenvalue weighted by Gasteiger charge is -2.02. The van der Waals surface area contributed by atoms with Crippen LogP contribution in [0.5, 0.6) is 5.75 Å². The second kappa shape index (κ2) is 3.30. The quantitative estimate of drug-likeness (QED) is 0.313. The summed E-state index contributed by atoms with van der Waals surface area (Å²) in [7, 11) is 0. The van der Waals surface area contributed by atoms with E-state index in [1.807, 2.05) is 6.92 Å². The Balaban J connectivity index is 3.33. The third-order valence-electron chi connectivity index (χ3n) is 1.78. The fourth-order valence-electron chi connectivity index (χ4n) is 1.04. The molecule has 5 heteroatoms. The molecule has 1 aromatic carbocycles. The van der Waals surface area contributed by atoms with E-state index in [0.29, 0.717) is 6.42 Å². The molecular formula is C8H10N2O3. The van der Waals surface area contributed by atoms with Crippen molar-refractivity contribution in [3.63, 3.8) is 0 Å². The summed E-state index contributed by atoms with van der Waals surface area (Å²) in [4.78, 5) is 9.78. The number of nitrogen functional groups attached to an aromatic ring is 1. The molecule has 0 aromatic heterocycles. The van der Waals surface area contributed by atoms with Gasteiger partial charge in [0.1, 0.15) is 0 Å². The number of nitro groups is 1. The van der Waals surface area contributed by atoms with Crippen LogP contribution in [0.2, 0.25) is 0 Å². The van der Waals surface area contributed by atoms with Gasteiger partial charge in [-0.15, -0.1) is 0 Å². The van der Waals surface area contributed by atoms with Gasteiger partial charge in [-0.2, -0.15) is 0 Å². The van der Waals surface area contributed by atoms with E-state index in [2.05, 4.69) is 0 Å². The highest BCUT2D eigenvalue weighted by atomic mass is 16.6. The number of hydrogen-bond acceptors (Lipinski definition) is 4. The molecular weight excluding hydrogens is 172 g/mol. The second-order valence-electron chi connectivity index (χ2n) is 2.66. The van der Waals surface area contributed by atoms with Crippen molar-refractivity contribution in [1.82, 2.24) is 0 Å². The lowest BCUT2D eigenvalue weighted by Crippen LogP contribution is -1.95. The van der Waals surface area contributed by atoms with E-state index < -0.39 is 10.7 Å². The van der Waals surface area contributed by atoms with Crippen LogP contribution in [-0.4, -0.2) is 10.0 Å². The molecule has 0 saturated heterocycles. The van der Waals surface area contributed by atoms with E-state index in [1.165, 1.54) is 12.1 Å². The number of rotatable bonds is 2. The number of nitrogens with two attached hydrogens (primary N) is 1. The first kappa shape index (κ1) is 9.31. The Morgan fingerprint density at radius 2 is 2.23 bits per heavy atom. The van der Waals surface area contributed by atoms with Crippen molar-refractivity contribution in [1.29, 1.82) is 0 Å². The Labute approximate surface area is 74.9 Å². The number of aromatic hydroxyl groups is 1. The Morgan fingerprint density at radius 1 is 1.62 bits per heavy atom. The van der Waals surface area contributed by atoms with E-state index in [9.17, 15) is 15.2 Å². The van der Waals surface area contributed by atoms with E-state index in [-0.39, 0.29) is 11.4 Å². The summed E-state index contributed by atoms with van der Waals surface area (Å²) >= 11 is 0. The number of benzene rings is 1. The molecule has 0 amide bonds. The molecule has 13 heavy (non-hydrogen) atoms. The van der Waals surface area contributed by atoms with Crippen molar-refractivity contribution in [3.8, 4) is 5.75 Å². The van der Waals surface area contributed by atoms with E-state index >= 15 is 0 Å². The van der Waals surface area contributed by atoms with Crippen LogP contribution in [0, 0.1) is 10.1 Å². The van der Waals surface area contributed by atoms with Gasteiger partial charge in [-0.05, 0) is 18.1 Å². The van der Waals surface area contributed by atoms with Gasteiger partial charge in [-0.3, -0.25) is 10.1 Å². The lowest BCUT2D eigenvalue weighted by molar-refractivity contribution is -0.385. The van der Waals surface area contributed by atoms with Gasteiger partial charge >= 0.3 is 5.69 Å². The molecule has 0 aliphatic heterocycles. The van der Waals surface area contributed by atoms with Gasteiger partial charge in [-0.25, -0.2) is 0 Å². The number of phenolic OH excluding ortho intramolecular Hbond substituents is 1. The Bertz CT molecular complexity index is 349. The maximum atomic E-state index is 10.4. The summed E-state index contributed by atoms with van der Waals surface area (Å²) in [5.41, 5.74) is 5.83. The minimum absolute atomic E-state index is 0.0473. The van der Waals surface area contributed by atoms with Crippen molar-refractivity contribution < 1.29 is 10.0 Å². The first-order valence-corrected chi connectivity index (χ1v) is 3.82. The van der Waals surface area contributed by atoms with Crippen LogP contribution in [0.25, 0.3) is 0 Å². The summed E-state index contributed by atoms with van der Waals surface area (Å²) < 4.78 is 0. The maximum absolute atomic E-state index is 10.4. The van der Waals surface area contributed by atoms with E-state index in [0.717, 1.165) is 5.56 Å². The third kappa shape index (κ3) is 1.69. The molecule has 0 spiro atoms. The van der Waals surface area contributed by atoms with Crippen LogP contribution in [0.3, 0.4) is 0 Å². The summed E-state index contributed by atoms with van der Waals surface area (Å²) in [5, 5.41) is 19.7. The standard InChI is InChI=1S/C8H10N2O3/c1-2-5-3-6(9)8(11)7(4-5)10(12)13/h3-4,11H,2,9H2,1H3. The van der Waals surface area contributed by atoms with Crippen molar-refractivity contribution in [2.75, 3.05) is 5.73 Å². The lowest BCUT2D eigenvalue weighted by atomic mass is 10.1. The van der Waals surface area contributed by atoms with Crippen LogP contribution in [0.15, 0.2) is 12.1 Å². The zero-order chi connectivity index (χ0) is 10.0. The SMILES string of the molecule is CCc1cc(N)c(O)c([N+](=O)[O-])c1. The summed E-state index contributed by atoms with van der Waals surface area (Å²) in [6.45, 7) is 1.86. The molecule has 0 unspecified atom stereocenters. The molecule has 3 N–H and O–H groups in total. The average molecular weight is 182 g/mol. The maximum Gasteiger partial charge on any atom is 0.313 e. The summed E-state index contributed by atoms with van der Waals surface area (Å²) in [5.74, 6) is -0.456. The molecule has 0 aliphatic carbocycles. The number of nitrogens with zero attached hydrogens (tertiary/aromatic N) is 1. The van der Waals surface area contributed by atoms with Crippen LogP contribution in [0.1, 0.15) is 12.5 Å². The van der Waals surface area contributed by atoms with Crippen molar-refractivity contribution in [2.45, 2.75) is 13.3 Å². The van der Waals surface area contributed by atoms with Crippen LogP contribution >= 0.6 is 0 Å². The zero-order valence-corrected chi connectivity index (χ0v) is 7.15. The topological polar surface area (TPSA) is 89.4 Å². The first-order valence-electron chi connectivity index (χ1n) is 3.82. The van der Waals surface area contributed by atoms with Crippen LogP contribution in [-0.2, 0) is 6.42 Å². The summed E-state index contributed by atoms with van der Waals surface area (Å²) in [6, 6.07) is 2.86. The molecule has 0 fully saturated rings. The Kier molecular flexibility index (Phi) is 2.36. The van der Waals surface area contributed by atoms with E-state index in [1.54, 1.807) is 0 Å². The normalized spacial score (nSPS) is 9.92. The van der Waals surface area contributed by atoms with Crippen LogP contribution in [0.4, 0.5) is 11.4 Å². The molecule has 0 aliphatic rings. The fourth-order valence-corrected chi connectivity index (χ4v) is 1.04. The number of anilines is 1. The minimum Gasteiger partial charge on any atom is -0.501 e. The van der Waals surface area contributed by atoms with Gasteiger partial charge in [0.2, 0.25) is 5.75 Å². The van der Waals surface area contributed by atoms with Crippen molar-refractivity contribution >= 4 is 11.4 Å². The molecule has 0 radical (unpaired) electrons. The predicted octanol–water partition coefficient (Wildman–Crippen LogP) is 1.44. The number of hydrogen-bond donors (Lipinski definition) is 2. The van der Waals surface area contributed by atoms with Gasteiger partial charge in [-0.1, -0.05) is 6.92 Å². The molecule has 0 saturated carbocycles. The Hall–Kier alpha value is -1.78. The van der Waals surface area contributed by atoms with Gasteiger partial charge in [0, 0.05) is 6.07 Å². The predicted molar refractivity (Wildman–Crippen MR) is 48.6 cm³/mol.